The van der Waals surface area contributed by atoms with Gasteiger partial charge in [-0.15, -0.1) is 0 Å². The number of hydrogen-bond donors (Lipinski definition) is 2. The number of hydrogen-bond acceptors (Lipinski definition) is 2. The second-order valence-electron chi connectivity index (χ2n) is 4.06. The van der Waals surface area contributed by atoms with Crippen LogP contribution in [0, 0.1) is 0 Å². The summed E-state index contributed by atoms with van der Waals surface area (Å²) < 4.78 is 1.84. The zero-order valence-electron chi connectivity index (χ0n) is 9.91. The van der Waals surface area contributed by atoms with Crippen LogP contribution in [0.25, 0.3) is 0 Å². The van der Waals surface area contributed by atoms with E-state index in [0.717, 1.165) is 20.2 Å². The molecule has 1 unspecified atom stereocenters. The lowest BCUT2D eigenvalue weighted by molar-refractivity contribution is 0.276. The monoisotopic (exact) mass is 403 g/mol. The first kappa shape index (κ1) is 14.9. The summed E-state index contributed by atoms with van der Waals surface area (Å²) in [5.74, 6) is 0. The van der Waals surface area contributed by atoms with E-state index in [1.165, 1.54) is 0 Å². The van der Waals surface area contributed by atoms with Gasteiger partial charge in [-0.25, -0.2) is 0 Å². The third-order valence-corrected chi connectivity index (χ3v) is 4.46. The van der Waals surface area contributed by atoms with Gasteiger partial charge in [-0.05, 0) is 57.9 Å². The van der Waals surface area contributed by atoms with Crippen molar-refractivity contribution in [2.45, 2.75) is 6.04 Å². The van der Waals surface area contributed by atoms with Crippen molar-refractivity contribution in [1.82, 2.24) is 0 Å². The first-order valence-electron chi connectivity index (χ1n) is 5.68. The van der Waals surface area contributed by atoms with Gasteiger partial charge in [-0.3, -0.25) is 0 Å². The molecule has 0 saturated carbocycles. The number of aliphatic hydroxyl groups is 1. The smallest absolute Gasteiger partial charge is 0.0745 e. The predicted molar refractivity (Wildman–Crippen MR) is 86.7 cm³/mol. The normalized spacial score (nSPS) is 12.2. The molecule has 0 aliphatic heterocycles. The van der Waals surface area contributed by atoms with Crippen molar-refractivity contribution in [1.29, 1.82) is 0 Å². The Morgan fingerprint density at radius 3 is 2.37 bits per heavy atom. The van der Waals surface area contributed by atoms with Crippen LogP contribution in [0.1, 0.15) is 11.6 Å². The van der Waals surface area contributed by atoms with E-state index in [1.54, 1.807) is 0 Å². The molecule has 2 nitrogen and oxygen atoms in total. The average Bonchev–Trinajstić information content (AvgIpc) is 2.41. The summed E-state index contributed by atoms with van der Waals surface area (Å²) in [4.78, 5) is 0. The second kappa shape index (κ2) is 6.75. The number of rotatable bonds is 4. The van der Waals surface area contributed by atoms with Gasteiger partial charge in [-0.1, -0.05) is 33.6 Å². The van der Waals surface area contributed by atoms with Gasteiger partial charge >= 0.3 is 0 Å². The van der Waals surface area contributed by atoms with Crippen molar-refractivity contribution in [2.24, 2.45) is 0 Å². The highest BCUT2D eigenvalue weighted by atomic mass is 79.9. The van der Waals surface area contributed by atoms with Gasteiger partial charge in [0, 0.05) is 14.6 Å². The molecular formula is C14H12Br2ClNO. The molecule has 0 spiro atoms. The fourth-order valence-electron chi connectivity index (χ4n) is 1.71. The molecule has 2 N–H and O–H groups in total. The zero-order chi connectivity index (χ0) is 13.8. The van der Waals surface area contributed by atoms with E-state index in [2.05, 4.69) is 37.2 Å². The van der Waals surface area contributed by atoms with Crippen LogP contribution in [0.4, 0.5) is 5.69 Å². The standard InChI is InChI=1S/C14H12Br2ClNO/c15-10-2-4-11(5-3-10)18-14(8-19)9-1-6-13(17)12(16)7-9/h1-7,14,18-19H,8H2. The molecule has 2 rings (SSSR count). The molecule has 0 amide bonds. The number of benzene rings is 2. The maximum atomic E-state index is 9.54. The third-order valence-electron chi connectivity index (χ3n) is 2.71. The molecule has 100 valence electrons. The molecule has 2 aromatic rings. The SMILES string of the molecule is OCC(Nc1ccc(Br)cc1)c1ccc(Cl)c(Br)c1. The first-order valence-corrected chi connectivity index (χ1v) is 7.64. The fraction of sp³-hybridized carbons (Fsp3) is 0.143. The summed E-state index contributed by atoms with van der Waals surface area (Å²) >= 11 is 12.8. The minimum absolute atomic E-state index is 0.00410. The van der Waals surface area contributed by atoms with E-state index in [-0.39, 0.29) is 12.6 Å². The lowest BCUT2D eigenvalue weighted by atomic mass is 10.1. The van der Waals surface area contributed by atoms with Gasteiger partial charge in [0.2, 0.25) is 0 Å². The molecule has 0 aliphatic carbocycles. The molecule has 0 saturated heterocycles. The summed E-state index contributed by atoms with van der Waals surface area (Å²) in [7, 11) is 0. The molecule has 0 radical (unpaired) electrons. The van der Waals surface area contributed by atoms with Crippen LogP contribution < -0.4 is 5.32 Å². The predicted octanol–water partition coefficient (Wildman–Crippen LogP) is 5.01. The number of aliphatic hydroxyl groups excluding tert-OH is 1. The van der Waals surface area contributed by atoms with Gasteiger partial charge in [0.1, 0.15) is 0 Å². The number of nitrogens with one attached hydrogen (secondary N) is 1. The third kappa shape index (κ3) is 3.96. The Kier molecular flexibility index (Phi) is 5.28. The second-order valence-corrected chi connectivity index (χ2v) is 6.24. The van der Waals surface area contributed by atoms with Gasteiger partial charge in [-0.2, -0.15) is 0 Å². The van der Waals surface area contributed by atoms with Crippen LogP contribution >= 0.6 is 43.5 Å². The summed E-state index contributed by atoms with van der Waals surface area (Å²) in [6.45, 7) is 0.00410. The molecule has 1 atom stereocenters. The molecule has 0 fully saturated rings. The van der Waals surface area contributed by atoms with E-state index in [0.29, 0.717) is 5.02 Å². The van der Waals surface area contributed by atoms with Crippen LogP contribution in [0.2, 0.25) is 5.02 Å². The number of anilines is 1. The van der Waals surface area contributed by atoms with E-state index >= 15 is 0 Å². The summed E-state index contributed by atoms with van der Waals surface area (Å²) in [5.41, 5.74) is 1.93. The Bertz CT molecular complexity index is 560. The van der Waals surface area contributed by atoms with Gasteiger partial charge in [0.25, 0.3) is 0 Å². The first-order chi connectivity index (χ1) is 9.10. The van der Waals surface area contributed by atoms with Crippen molar-refractivity contribution in [3.05, 3.63) is 62.0 Å². The largest absolute Gasteiger partial charge is 0.394 e. The molecular weight excluding hydrogens is 393 g/mol. The molecule has 2 aromatic carbocycles. The summed E-state index contributed by atoms with van der Waals surface area (Å²) in [6.07, 6.45) is 0. The van der Waals surface area contributed by atoms with Crippen molar-refractivity contribution >= 4 is 49.1 Å². The maximum absolute atomic E-state index is 9.54. The quantitative estimate of drug-likeness (QED) is 0.749. The Hall–Kier alpha value is -0.550. The highest BCUT2D eigenvalue weighted by Crippen LogP contribution is 2.28. The summed E-state index contributed by atoms with van der Waals surface area (Å²) in [6, 6.07) is 13.3. The highest BCUT2D eigenvalue weighted by molar-refractivity contribution is 9.10. The average molecular weight is 406 g/mol. The van der Waals surface area contributed by atoms with E-state index in [9.17, 15) is 5.11 Å². The Morgan fingerprint density at radius 2 is 1.79 bits per heavy atom. The lowest BCUT2D eigenvalue weighted by Gasteiger charge is -2.18. The van der Waals surface area contributed by atoms with Gasteiger partial charge < -0.3 is 10.4 Å². The van der Waals surface area contributed by atoms with Gasteiger partial charge in [0.15, 0.2) is 0 Å². The summed E-state index contributed by atoms with van der Waals surface area (Å²) in [5, 5.41) is 13.5. The van der Waals surface area contributed by atoms with Crippen LogP contribution in [-0.4, -0.2) is 11.7 Å². The highest BCUT2D eigenvalue weighted by Gasteiger charge is 2.11. The van der Waals surface area contributed by atoms with E-state index < -0.39 is 0 Å². The molecule has 0 aromatic heterocycles. The van der Waals surface area contributed by atoms with Crippen molar-refractivity contribution in [3.63, 3.8) is 0 Å². The van der Waals surface area contributed by atoms with Crippen molar-refractivity contribution < 1.29 is 5.11 Å². The topological polar surface area (TPSA) is 32.3 Å². The molecule has 19 heavy (non-hydrogen) atoms. The maximum Gasteiger partial charge on any atom is 0.0745 e. The van der Waals surface area contributed by atoms with Crippen LogP contribution in [0.5, 0.6) is 0 Å². The fourth-order valence-corrected chi connectivity index (χ4v) is 2.49. The molecule has 5 heteroatoms. The minimum Gasteiger partial charge on any atom is -0.394 e. The molecule has 0 aliphatic rings. The lowest BCUT2D eigenvalue weighted by Crippen LogP contribution is -2.14. The molecule has 0 heterocycles. The zero-order valence-corrected chi connectivity index (χ0v) is 13.8. The Morgan fingerprint density at radius 1 is 1.11 bits per heavy atom. The Balaban J connectivity index is 2.19. The van der Waals surface area contributed by atoms with E-state index in [4.69, 9.17) is 11.6 Å². The van der Waals surface area contributed by atoms with Gasteiger partial charge in [0.05, 0.1) is 17.7 Å². The minimum atomic E-state index is -0.172. The van der Waals surface area contributed by atoms with Crippen LogP contribution in [-0.2, 0) is 0 Å². The van der Waals surface area contributed by atoms with Crippen molar-refractivity contribution in [2.75, 3.05) is 11.9 Å². The van der Waals surface area contributed by atoms with E-state index in [1.807, 2.05) is 42.5 Å². The Labute approximate surface area is 134 Å². The molecule has 0 bridgehead atoms. The number of halogens is 3. The van der Waals surface area contributed by atoms with Crippen LogP contribution in [0.15, 0.2) is 51.4 Å². The van der Waals surface area contributed by atoms with Crippen LogP contribution in [0.3, 0.4) is 0 Å². The van der Waals surface area contributed by atoms with Crippen molar-refractivity contribution in [3.8, 4) is 0 Å².